The zero-order valence-corrected chi connectivity index (χ0v) is 7.71. The van der Waals surface area contributed by atoms with Crippen molar-refractivity contribution in [3.05, 3.63) is 29.8 Å². The molecule has 0 saturated heterocycles. The van der Waals surface area contributed by atoms with Gasteiger partial charge in [0.2, 0.25) is 12.8 Å². The molecule has 1 aromatic rings. The van der Waals surface area contributed by atoms with Crippen molar-refractivity contribution in [1.82, 2.24) is 0 Å². The summed E-state index contributed by atoms with van der Waals surface area (Å²) in [5, 5.41) is 2.40. The average Bonchev–Trinajstić information content (AvgIpc) is 2.18. The minimum atomic E-state index is -2.43. The van der Waals surface area contributed by atoms with Crippen LogP contribution in [0.3, 0.4) is 0 Å². The Hall–Kier alpha value is -1.45. The monoisotopic (exact) mass is 215 g/mol. The molecule has 0 spiro atoms. The van der Waals surface area contributed by atoms with Gasteiger partial charge in [-0.3, -0.25) is 4.79 Å². The third kappa shape index (κ3) is 3.31. The molecule has 2 nitrogen and oxygen atoms in total. The lowest BCUT2D eigenvalue weighted by Gasteiger charge is -2.14. The van der Waals surface area contributed by atoms with Crippen LogP contribution >= 0.6 is 0 Å². The number of alkyl halides is 2. The molecular weight excluding hydrogens is 200 g/mol. The molecule has 0 aliphatic heterocycles. The molecule has 0 saturated carbocycles. The van der Waals surface area contributed by atoms with Gasteiger partial charge in [0.05, 0.1) is 0 Å². The van der Waals surface area contributed by atoms with E-state index in [1.807, 2.05) is 0 Å². The maximum Gasteiger partial charge on any atom is 0.245 e. The summed E-state index contributed by atoms with van der Waals surface area (Å²) in [6.45, 7) is 1.43. The molecule has 0 bridgehead atoms. The summed E-state index contributed by atoms with van der Waals surface area (Å²) in [5.41, 5.74) is 0.893. The van der Waals surface area contributed by atoms with Crippen LogP contribution < -0.4 is 5.32 Å². The first-order valence-electron chi connectivity index (χ1n) is 4.24. The third-order valence-corrected chi connectivity index (χ3v) is 2.04. The van der Waals surface area contributed by atoms with Gasteiger partial charge in [-0.1, -0.05) is 32.5 Å². The molecule has 1 unspecified atom stereocenters. The molecule has 84 valence electrons. The van der Waals surface area contributed by atoms with Crippen LogP contribution in [-0.4, -0.2) is 12.8 Å². The van der Waals surface area contributed by atoms with Crippen LogP contribution in [0.1, 0.15) is 25.8 Å². The standard InChI is InChI=1S/C10H11F2NO.CH4/c1-7(10(11)12)8-4-2-3-5-9(8)13-6-14;/h2-7,10H,1H3,(H,13,14);1H4. The second-order valence-electron chi connectivity index (χ2n) is 2.97. The predicted octanol–water partition coefficient (Wildman–Crippen LogP) is 3.26. The Morgan fingerprint density at radius 2 is 1.93 bits per heavy atom. The summed E-state index contributed by atoms with van der Waals surface area (Å²) in [6.07, 6.45) is -1.94. The summed E-state index contributed by atoms with van der Waals surface area (Å²) >= 11 is 0. The average molecular weight is 215 g/mol. The van der Waals surface area contributed by atoms with E-state index >= 15 is 0 Å². The molecular formula is C11H15F2NO. The highest BCUT2D eigenvalue weighted by Gasteiger charge is 2.19. The van der Waals surface area contributed by atoms with E-state index in [2.05, 4.69) is 5.32 Å². The minimum absolute atomic E-state index is 0. The molecule has 4 heteroatoms. The Balaban J connectivity index is 0.00000196. The lowest BCUT2D eigenvalue weighted by Crippen LogP contribution is -2.08. The molecule has 0 aliphatic rings. The van der Waals surface area contributed by atoms with Gasteiger partial charge in [0.1, 0.15) is 0 Å². The smallest absolute Gasteiger partial charge is 0.245 e. The number of para-hydroxylation sites is 1. The van der Waals surface area contributed by atoms with E-state index in [4.69, 9.17) is 0 Å². The van der Waals surface area contributed by atoms with E-state index in [1.165, 1.54) is 6.92 Å². The number of carbonyl (C=O) groups is 1. The Kier molecular flexibility index (Phi) is 5.52. The first-order chi connectivity index (χ1) is 6.66. The quantitative estimate of drug-likeness (QED) is 0.767. The number of halogens is 2. The van der Waals surface area contributed by atoms with Gasteiger partial charge in [0, 0.05) is 11.6 Å². The lowest BCUT2D eigenvalue weighted by atomic mass is 10.00. The van der Waals surface area contributed by atoms with Gasteiger partial charge >= 0.3 is 0 Å². The molecule has 0 aliphatic carbocycles. The van der Waals surface area contributed by atoms with Crippen molar-refractivity contribution in [3.8, 4) is 0 Å². The maximum absolute atomic E-state index is 12.4. The fourth-order valence-electron chi connectivity index (χ4n) is 1.22. The van der Waals surface area contributed by atoms with E-state index in [1.54, 1.807) is 24.3 Å². The second kappa shape index (κ2) is 6.11. The van der Waals surface area contributed by atoms with Gasteiger partial charge in [-0.05, 0) is 11.6 Å². The highest BCUT2D eigenvalue weighted by Crippen LogP contribution is 2.28. The molecule has 1 aromatic carbocycles. The van der Waals surface area contributed by atoms with Gasteiger partial charge in [0.25, 0.3) is 0 Å². The molecule has 1 amide bonds. The molecule has 0 radical (unpaired) electrons. The van der Waals surface area contributed by atoms with Gasteiger partial charge < -0.3 is 5.32 Å². The number of carbonyl (C=O) groups excluding carboxylic acids is 1. The van der Waals surface area contributed by atoms with E-state index in [-0.39, 0.29) is 7.43 Å². The molecule has 0 aromatic heterocycles. The highest BCUT2D eigenvalue weighted by atomic mass is 19.3. The Morgan fingerprint density at radius 1 is 1.33 bits per heavy atom. The van der Waals surface area contributed by atoms with E-state index in [0.29, 0.717) is 17.7 Å². The Labute approximate surface area is 88.3 Å². The predicted molar refractivity (Wildman–Crippen MR) is 57.3 cm³/mol. The number of amides is 1. The van der Waals surface area contributed by atoms with Gasteiger partial charge in [0.15, 0.2) is 0 Å². The number of nitrogens with one attached hydrogen (secondary N) is 1. The summed E-state index contributed by atoms with van der Waals surface area (Å²) in [4.78, 5) is 10.2. The van der Waals surface area contributed by atoms with Crippen LogP contribution in [0.15, 0.2) is 24.3 Å². The van der Waals surface area contributed by atoms with Gasteiger partial charge in [-0.25, -0.2) is 8.78 Å². The fourth-order valence-corrected chi connectivity index (χ4v) is 1.22. The lowest BCUT2D eigenvalue weighted by molar-refractivity contribution is -0.105. The second-order valence-corrected chi connectivity index (χ2v) is 2.97. The highest BCUT2D eigenvalue weighted by molar-refractivity contribution is 5.73. The van der Waals surface area contributed by atoms with Gasteiger partial charge in [-0.2, -0.15) is 0 Å². The van der Waals surface area contributed by atoms with Crippen molar-refractivity contribution in [1.29, 1.82) is 0 Å². The van der Waals surface area contributed by atoms with E-state index in [0.717, 1.165) is 0 Å². The number of rotatable bonds is 4. The van der Waals surface area contributed by atoms with Crippen molar-refractivity contribution in [2.45, 2.75) is 26.7 Å². The van der Waals surface area contributed by atoms with Crippen LogP contribution in [0.5, 0.6) is 0 Å². The van der Waals surface area contributed by atoms with Crippen molar-refractivity contribution >= 4 is 12.1 Å². The van der Waals surface area contributed by atoms with Crippen molar-refractivity contribution in [3.63, 3.8) is 0 Å². The number of benzene rings is 1. The van der Waals surface area contributed by atoms with E-state index in [9.17, 15) is 13.6 Å². The zero-order chi connectivity index (χ0) is 10.6. The number of anilines is 1. The maximum atomic E-state index is 12.4. The Bertz CT molecular complexity index is 315. The summed E-state index contributed by atoms with van der Waals surface area (Å²) in [7, 11) is 0. The van der Waals surface area contributed by atoms with Crippen LogP contribution in [0.25, 0.3) is 0 Å². The summed E-state index contributed by atoms with van der Waals surface area (Å²) < 4.78 is 24.8. The largest absolute Gasteiger partial charge is 0.328 e. The first kappa shape index (κ1) is 13.5. The number of hydrogen-bond donors (Lipinski definition) is 1. The minimum Gasteiger partial charge on any atom is -0.328 e. The SMILES string of the molecule is C.CC(c1ccccc1NC=O)C(F)F. The molecule has 1 atom stereocenters. The van der Waals surface area contributed by atoms with Crippen LogP contribution in [-0.2, 0) is 4.79 Å². The summed E-state index contributed by atoms with van der Waals surface area (Å²) in [6, 6.07) is 6.54. The molecule has 0 heterocycles. The van der Waals surface area contributed by atoms with Gasteiger partial charge in [-0.15, -0.1) is 0 Å². The molecule has 15 heavy (non-hydrogen) atoms. The molecule has 1 N–H and O–H groups in total. The van der Waals surface area contributed by atoms with Crippen molar-refractivity contribution < 1.29 is 13.6 Å². The number of hydrogen-bond acceptors (Lipinski definition) is 1. The first-order valence-corrected chi connectivity index (χ1v) is 4.24. The van der Waals surface area contributed by atoms with Crippen LogP contribution in [0.4, 0.5) is 14.5 Å². The zero-order valence-electron chi connectivity index (χ0n) is 7.71. The summed E-state index contributed by atoms with van der Waals surface area (Å²) in [5.74, 6) is -0.876. The fraction of sp³-hybridized carbons (Fsp3) is 0.364. The Morgan fingerprint density at radius 3 is 2.47 bits per heavy atom. The molecule has 0 fully saturated rings. The van der Waals surface area contributed by atoms with Crippen LogP contribution in [0, 0.1) is 0 Å². The normalized spacial score (nSPS) is 11.7. The topological polar surface area (TPSA) is 29.1 Å². The van der Waals surface area contributed by atoms with Crippen molar-refractivity contribution in [2.24, 2.45) is 0 Å². The third-order valence-electron chi connectivity index (χ3n) is 2.04. The molecule has 1 rings (SSSR count). The van der Waals surface area contributed by atoms with E-state index < -0.39 is 12.3 Å². The van der Waals surface area contributed by atoms with Crippen molar-refractivity contribution in [2.75, 3.05) is 5.32 Å². The van der Waals surface area contributed by atoms with Crippen LogP contribution in [0.2, 0.25) is 0 Å².